The number of hydroxylamine groups is 1. The third-order valence-corrected chi connectivity index (χ3v) is 9.30. The second kappa shape index (κ2) is 9.02. The zero-order chi connectivity index (χ0) is 23.9. The van der Waals surface area contributed by atoms with Gasteiger partial charge in [0.15, 0.2) is 0 Å². The highest BCUT2D eigenvalue weighted by Crippen LogP contribution is 2.51. The number of nitrogens with zero attached hydrogens (tertiary/aromatic N) is 1. The second-order valence-electron chi connectivity index (χ2n) is 9.29. The molecule has 178 valence electrons. The van der Waals surface area contributed by atoms with Gasteiger partial charge in [0.1, 0.15) is 12.4 Å². The molecule has 2 N–H and O–H groups in total. The molecule has 3 aromatic carbocycles. The molecule has 2 saturated carbocycles. The average molecular weight is 481 g/mol. The number of benzene rings is 3. The molecule has 2 fully saturated rings. The number of amides is 1. The summed E-state index contributed by atoms with van der Waals surface area (Å²) < 4.78 is 33.9. The van der Waals surface area contributed by atoms with Crippen molar-refractivity contribution in [1.29, 1.82) is 0 Å². The maximum atomic E-state index is 13.4. The molecule has 0 aromatic heterocycles. The van der Waals surface area contributed by atoms with Crippen LogP contribution in [0.25, 0.3) is 10.8 Å². The van der Waals surface area contributed by atoms with E-state index >= 15 is 0 Å². The molecular weight excluding hydrogens is 452 g/mol. The van der Waals surface area contributed by atoms with Crippen LogP contribution in [0.2, 0.25) is 0 Å². The quantitative estimate of drug-likeness (QED) is 0.394. The molecule has 2 unspecified atom stereocenters. The Morgan fingerprint density at radius 2 is 1.74 bits per heavy atom. The second-order valence-corrected chi connectivity index (χ2v) is 11.3. The van der Waals surface area contributed by atoms with Crippen molar-refractivity contribution < 1.29 is 23.2 Å². The minimum absolute atomic E-state index is 0.102. The van der Waals surface area contributed by atoms with Gasteiger partial charge in [-0.25, -0.2) is 13.9 Å². The van der Waals surface area contributed by atoms with E-state index in [0.717, 1.165) is 30.2 Å². The van der Waals surface area contributed by atoms with Gasteiger partial charge in [0.05, 0.1) is 10.8 Å². The van der Waals surface area contributed by atoms with Gasteiger partial charge in [-0.3, -0.25) is 10.0 Å². The van der Waals surface area contributed by atoms with E-state index in [-0.39, 0.29) is 16.7 Å². The molecule has 1 amide bonds. The van der Waals surface area contributed by atoms with Gasteiger partial charge in [-0.15, -0.1) is 0 Å². The van der Waals surface area contributed by atoms with Crippen molar-refractivity contribution in [2.45, 2.75) is 36.8 Å². The molecule has 34 heavy (non-hydrogen) atoms. The Bertz CT molecular complexity index is 1310. The summed E-state index contributed by atoms with van der Waals surface area (Å²) in [6.07, 6.45) is 2.59. The standard InChI is InChI=1S/C26H28N2O5S/c1-28(25-21-9-8-20(15-21)24(25)26(29)27-30)34(31,32)23-12-10-22(11-13-23)33-16-17-6-7-18-4-2-3-5-19(18)14-17/h2-7,10-14,20-21,24-25,30H,8-9,15-16H2,1H3,(H,27,29)/t20?,21?,24-,25+/m0/s1. The van der Waals surface area contributed by atoms with Crippen molar-refractivity contribution in [1.82, 2.24) is 9.79 Å². The van der Waals surface area contributed by atoms with Crippen LogP contribution in [0.5, 0.6) is 5.75 Å². The highest BCUT2D eigenvalue weighted by atomic mass is 32.2. The number of carbonyl (C=O) groups is 1. The first-order chi connectivity index (χ1) is 16.4. The van der Waals surface area contributed by atoms with E-state index < -0.39 is 27.9 Å². The van der Waals surface area contributed by atoms with Gasteiger partial charge in [-0.05, 0) is 77.8 Å². The van der Waals surface area contributed by atoms with E-state index in [1.165, 1.54) is 28.9 Å². The molecule has 0 aliphatic heterocycles. The number of nitrogens with one attached hydrogen (secondary N) is 1. The van der Waals surface area contributed by atoms with Crippen LogP contribution in [0.4, 0.5) is 0 Å². The lowest BCUT2D eigenvalue weighted by Crippen LogP contribution is -2.50. The largest absolute Gasteiger partial charge is 0.489 e. The average Bonchev–Trinajstić information content (AvgIpc) is 3.48. The summed E-state index contributed by atoms with van der Waals surface area (Å²) in [5.41, 5.74) is 2.76. The lowest BCUT2D eigenvalue weighted by Gasteiger charge is -2.35. The van der Waals surface area contributed by atoms with Crippen LogP contribution in [0.3, 0.4) is 0 Å². The Balaban J connectivity index is 1.29. The molecule has 3 aromatic rings. The monoisotopic (exact) mass is 480 g/mol. The lowest BCUT2D eigenvalue weighted by molar-refractivity contribution is -0.136. The summed E-state index contributed by atoms with van der Waals surface area (Å²) in [6, 6.07) is 20.2. The maximum Gasteiger partial charge on any atom is 0.248 e. The predicted molar refractivity (Wildman–Crippen MR) is 128 cm³/mol. The fourth-order valence-corrected chi connectivity index (χ4v) is 7.19. The van der Waals surface area contributed by atoms with Crippen molar-refractivity contribution in [2.75, 3.05) is 7.05 Å². The van der Waals surface area contributed by atoms with Crippen molar-refractivity contribution in [3.05, 3.63) is 72.3 Å². The zero-order valence-electron chi connectivity index (χ0n) is 18.9. The molecule has 2 aliphatic rings. The van der Waals surface area contributed by atoms with E-state index in [9.17, 15) is 18.4 Å². The SMILES string of the molecule is CN([C@@H]1C2CCC(C2)[C@@H]1C(=O)NO)S(=O)(=O)c1ccc(OCc2ccc3ccccc3c2)cc1. The molecule has 2 aliphatic carbocycles. The Morgan fingerprint density at radius 3 is 2.47 bits per heavy atom. The van der Waals surface area contributed by atoms with Crippen LogP contribution < -0.4 is 10.2 Å². The molecule has 2 bridgehead atoms. The Hall–Kier alpha value is -2.94. The topological polar surface area (TPSA) is 95.9 Å². The first-order valence-electron chi connectivity index (χ1n) is 11.5. The molecular formula is C26H28N2O5S. The Kier molecular flexibility index (Phi) is 6.06. The number of carbonyl (C=O) groups excluding carboxylic acids is 1. The minimum Gasteiger partial charge on any atom is -0.489 e. The number of fused-ring (bicyclic) bond motifs is 3. The summed E-state index contributed by atoms with van der Waals surface area (Å²) in [6.45, 7) is 0.375. The van der Waals surface area contributed by atoms with E-state index in [4.69, 9.17) is 4.74 Å². The summed E-state index contributed by atoms with van der Waals surface area (Å²) in [5, 5.41) is 11.5. The van der Waals surface area contributed by atoms with Crippen LogP contribution in [-0.4, -0.2) is 36.9 Å². The molecule has 0 heterocycles. The Labute approximate surface area is 199 Å². The van der Waals surface area contributed by atoms with Gasteiger partial charge < -0.3 is 4.74 Å². The summed E-state index contributed by atoms with van der Waals surface area (Å²) >= 11 is 0. The summed E-state index contributed by atoms with van der Waals surface area (Å²) in [7, 11) is -2.28. The van der Waals surface area contributed by atoms with Gasteiger partial charge in [-0.2, -0.15) is 4.31 Å². The van der Waals surface area contributed by atoms with E-state index in [2.05, 4.69) is 24.3 Å². The minimum atomic E-state index is -3.81. The normalized spacial score (nSPS) is 24.0. The first kappa shape index (κ1) is 22.8. The van der Waals surface area contributed by atoms with Gasteiger partial charge in [0, 0.05) is 13.1 Å². The smallest absolute Gasteiger partial charge is 0.248 e. The maximum absolute atomic E-state index is 13.4. The zero-order valence-corrected chi connectivity index (χ0v) is 19.7. The molecule has 0 spiro atoms. The predicted octanol–water partition coefficient (Wildman–Crippen LogP) is 3.96. The number of hydrogen-bond donors (Lipinski definition) is 2. The number of sulfonamides is 1. The summed E-state index contributed by atoms with van der Waals surface area (Å²) in [4.78, 5) is 12.4. The van der Waals surface area contributed by atoms with Crippen LogP contribution in [0.1, 0.15) is 24.8 Å². The van der Waals surface area contributed by atoms with Gasteiger partial charge in [0.2, 0.25) is 15.9 Å². The number of ether oxygens (including phenoxy) is 1. The third-order valence-electron chi connectivity index (χ3n) is 7.43. The summed E-state index contributed by atoms with van der Waals surface area (Å²) in [5.74, 6) is -0.237. The van der Waals surface area contributed by atoms with Gasteiger partial charge in [0.25, 0.3) is 0 Å². The van der Waals surface area contributed by atoms with Crippen molar-refractivity contribution in [3.63, 3.8) is 0 Å². The van der Waals surface area contributed by atoms with E-state index in [0.29, 0.717) is 12.4 Å². The Morgan fingerprint density at radius 1 is 1.03 bits per heavy atom. The van der Waals surface area contributed by atoms with Crippen LogP contribution in [0.15, 0.2) is 71.6 Å². The molecule has 5 rings (SSSR count). The molecule has 0 saturated heterocycles. The molecule has 0 radical (unpaired) electrons. The third kappa shape index (κ3) is 4.06. The van der Waals surface area contributed by atoms with E-state index in [1.807, 2.05) is 18.2 Å². The molecule has 8 heteroatoms. The first-order valence-corrected chi connectivity index (χ1v) is 12.9. The highest BCUT2D eigenvalue weighted by Gasteiger charge is 2.54. The fraction of sp³-hybridized carbons (Fsp3) is 0.346. The van der Waals surface area contributed by atoms with Crippen molar-refractivity contribution in [2.24, 2.45) is 17.8 Å². The van der Waals surface area contributed by atoms with Gasteiger partial charge in [-0.1, -0.05) is 36.4 Å². The van der Waals surface area contributed by atoms with Crippen LogP contribution >= 0.6 is 0 Å². The molecule has 4 atom stereocenters. The van der Waals surface area contributed by atoms with Crippen LogP contribution in [0, 0.1) is 17.8 Å². The van der Waals surface area contributed by atoms with Crippen LogP contribution in [-0.2, 0) is 21.4 Å². The van der Waals surface area contributed by atoms with Crippen molar-refractivity contribution >= 4 is 26.7 Å². The fourth-order valence-electron chi connectivity index (χ4n) is 5.76. The van der Waals surface area contributed by atoms with E-state index in [1.54, 1.807) is 17.6 Å². The lowest BCUT2D eigenvalue weighted by atomic mass is 9.84. The number of rotatable bonds is 7. The number of hydrogen-bond acceptors (Lipinski definition) is 5. The van der Waals surface area contributed by atoms with Crippen molar-refractivity contribution in [3.8, 4) is 5.75 Å². The molecule has 7 nitrogen and oxygen atoms in total. The van der Waals surface area contributed by atoms with Gasteiger partial charge >= 0.3 is 0 Å². The highest BCUT2D eigenvalue weighted by molar-refractivity contribution is 7.89.